The fourth-order valence-corrected chi connectivity index (χ4v) is 7.34. The van der Waals surface area contributed by atoms with E-state index in [0.29, 0.717) is 12.5 Å². The van der Waals surface area contributed by atoms with Crippen LogP contribution < -0.4 is 25.0 Å². The average Bonchev–Trinajstić information content (AvgIpc) is 3.38. The Morgan fingerprint density at radius 1 is 1.02 bits per heavy atom. The molecule has 1 saturated heterocycles. The first-order valence-electron chi connectivity index (χ1n) is 15.7. The van der Waals surface area contributed by atoms with Crippen LogP contribution in [0, 0.1) is 5.92 Å². The van der Waals surface area contributed by atoms with Crippen molar-refractivity contribution in [1.29, 1.82) is 0 Å². The summed E-state index contributed by atoms with van der Waals surface area (Å²) in [6.07, 6.45) is 10.8. The molecule has 42 heavy (non-hydrogen) atoms. The maximum absolute atomic E-state index is 11.2. The smallest absolute Gasteiger partial charge is 0.251 e. The van der Waals surface area contributed by atoms with E-state index >= 15 is 0 Å². The van der Waals surface area contributed by atoms with E-state index in [0.717, 1.165) is 119 Å². The molecule has 226 valence electrons. The molecule has 2 amide bonds. The highest BCUT2D eigenvalue weighted by molar-refractivity contribution is 5.81. The summed E-state index contributed by atoms with van der Waals surface area (Å²) in [6, 6.07) is 12.0. The molecule has 2 aromatic rings. The summed E-state index contributed by atoms with van der Waals surface area (Å²) in [6.45, 7) is 4.52. The van der Waals surface area contributed by atoms with Crippen molar-refractivity contribution in [2.75, 3.05) is 50.0 Å². The molecular weight excluding hydrogens is 532 g/mol. The fourth-order valence-electron chi connectivity index (χ4n) is 7.34. The Morgan fingerprint density at radius 2 is 1.83 bits per heavy atom. The molecular formula is C33H44N4O5. The molecule has 0 aromatic heterocycles. The molecule has 4 aliphatic rings. The van der Waals surface area contributed by atoms with E-state index in [1.807, 2.05) is 30.3 Å². The Balaban J connectivity index is 1.06. The number of likely N-dealkylation sites (tertiary alicyclic amines) is 1. The third-order valence-electron chi connectivity index (χ3n) is 9.59. The molecule has 9 heteroatoms. The van der Waals surface area contributed by atoms with E-state index in [9.17, 15) is 9.59 Å². The van der Waals surface area contributed by atoms with E-state index in [1.165, 1.54) is 12.0 Å². The lowest BCUT2D eigenvalue weighted by molar-refractivity contribution is -0.111. The largest absolute Gasteiger partial charge is 0.448 e. The van der Waals surface area contributed by atoms with E-state index in [1.54, 1.807) is 0 Å². The lowest BCUT2D eigenvalue weighted by Gasteiger charge is -2.41. The summed E-state index contributed by atoms with van der Waals surface area (Å²) < 4.78 is 19.8. The number of piperidine rings is 1. The molecule has 0 bridgehead atoms. The van der Waals surface area contributed by atoms with Gasteiger partial charge in [-0.15, -0.1) is 0 Å². The van der Waals surface area contributed by atoms with E-state index in [4.69, 9.17) is 14.2 Å². The summed E-state index contributed by atoms with van der Waals surface area (Å²) >= 11 is 0. The molecule has 9 nitrogen and oxygen atoms in total. The average molecular weight is 577 g/mol. The fraction of sp³-hybridized carbons (Fsp3) is 0.576. The zero-order chi connectivity index (χ0) is 28.9. The Kier molecular flexibility index (Phi) is 8.86. The number of benzene rings is 2. The van der Waals surface area contributed by atoms with Gasteiger partial charge in [0.05, 0.1) is 17.5 Å². The van der Waals surface area contributed by atoms with Crippen molar-refractivity contribution in [3.8, 4) is 11.5 Å². The first-order chi connectivity index (χ1) is 20.6. The quantitative estimate of drug-likeness (QED) is 0.376. The molecule has 2 unspecified atom stereocenters. The van der Waals surface area contributed by atoms with Crippen molar-refractivity contribution < 1.29 is 23.8 Å². The van der Waals surface area contributed by atoms with Crippen LogP contribution in [0.1, 0.15) is 68.6 Å². The van der Waals surface area contributed by atoms with Crippen molar-refractivity contribution in [1.82, 2.24) is 10.2 Å². The minimum atomic E-state index is -0.507. The number of carbonyl (C=O) groups is 2. The van der Waals surface area contributed by atoms with Crippen molar-refractivity contribution in [2.45, 2.75) is 75.8 Å². The Morgan fingerprint density at radius 3 is 2.62 bits per heavy atom. The molecule has 2 N–H and O–H groups in total. The van der Waals surface area contributed by atoms with Gasteiger partial charge < -0.3 is 34.6 Å². The molecule has 1 spiro atoms. The SMILES string of the molecule is CN(CCCN1CCC(C2Cc3c(ccc4c3OC3(CCCCC3)O4)C(CNC=O)O2)CC1)c1ccccc1NC=O. The van der Waals surface area contributed by atoms with Gasteiger partial charge in [-0.25, -0.2) is 0 Å². The number of anilines is 2. The molecule has 3 aliphatic heterocycles. The number of carbonyl (C=O) groups excluding carboxylic acids is 2. The molecule has 2 atom stereocenters. The number of nitrogens with one attached hydrogen (secondary N) is 2. The summed E-state index contributed by atoms with van der Waals surface area (Å²) in [4.78, 5) is 26.9. The van der Waals surface area contributed by atoms with Gasteiger partial charge in [-0.05, 0) is 81.4 Å². The van der Waals surface area contributed by atoms with Crippen LogP contribution in [0.5, 0.6) is 11.5 Å². The maximum atomic E-state index is 11.2. The number of nitrogens with zero attached hydrogens (tertiary/aromatic N) is 2. The van der Waals surface area contributed by atoms with Crippen LogP contribution >= 0.6 is 0 Å². The highest BCUT2D eigenvalue weighted by Crippen LogP contribution is 2.51. The molecule has 0 radical (unpaired) electrons. The second-order valence-corrected chi connectivity index (χ2v) is 12.3. The van der Waals surface area contributed by atoms with Gasteiger partial charge in [-0.1, -0.05) is 24.6 Å². The molecule has 2 fully saturated rings. The summed E-state index contributed by atoms with van der Waals surface area (Å²) in [5, 5.41) is 5.66. The highest BCUT2D eigenvalue weighted by Gasteiger charge is 2.46. The highest BCUT2D eigenvalue weighted by atomic mass is 16.7. The second kappa shape index (κ2) is 12.9. The minimum absolute atomic E-state index is 0.0871. The third-order valence-corrected chi connectivity index (χ3v) is 9.59. The van der Waals surface area contributed by atoms with Crippen LogP contribution in [0.25, 0.3) is 0 Å². The standard InChI is InChI=1S/C33H44N4O5/c1-36(28-9-4-3-8-27(28)35-23-39)16-7-17-37-18-12-24(13-19-37)30-20-26-25(31(40-30)21-34-22-38)10-11-29-32(26)42-33(41-29)14-5-2-6-15-33/h3-4,8-11,22-24,30-31H,2,5-7,12-21H2,1H3,(H,34,38)(H,35,39). The van der Waals surface area contributed by atoms with Crippen LogP contribution in [0.3, 0.4) is 0 Å². The zero-order valence-corrected chi connectivity index (χ0v) is 24.7. The Labute approximate surface area is 248 Å². The number of fused-ring (bicyclic) bond motifs is 3. The zero-order valence-electron chi connectivity index (χ0n) is 24.7. The molecule has 2 aromatic carbocycles. The number of ether oxygens (including phenoxy) is 3. The topological polar surface area (TPSA) is 92.4 Å². The monoisotopic (exact) mass is 576 g/mol. The number of amides is 2. The van der Waals surface area contributed by atoms with E-state index in [-0.39, 0.29) is 12.2 Å². The first kappa shape index (κ1) is 28.8. The summed E-state index contributed by atoms with van der Waals surface area (Å²) in [5.74, 6) is 1.72. The van der Waals surface area contributed by atoms with Crippen molar-refractivity contribution >= 4 is 24.2 Å². The predicted octanol–water partition coefficient (Wildman–Crippen LogP) is 4.65. The van der Waals surface area contributed by atoms with Crippen LogP contribution in [-0.4, -0.2) is 69.4 Å². The van der Waals surface area contributed by atoms with Crippen LogP contribution in [-0.2, 0) is 20.7 Å². The first-order valence-corrected chi connectivity index (χ1v) is 15.7. The molecule has 3 heterocycles. The van der Waals surface area contributed by atoms with Gasteiger partial charge in [0.2, 0.25) is 12.8 Å². The minimum Gasteiger partial charge on any atom is -0.448 e. The number of rotatable bonds is 11. The Bertz CT molecular complexity index is 1240. The number of hydrogen-bond acceptors (Lipinski definition) is 7. The molecule has 1 aliphatic carbocycles. The van der Waals surface area contributed by atoms with Crippen LogP contribution in [0.15, 0.2) is 36.4 Å². The summed E-state index contributed by atoms with van der Waals surface area (Å²) in [5.41, 5.74) is 4.19. The number of hydrogen-bond donors (Lipinski definition) is 2. The van der Waals surface area contributed by atoms with E-state index in [2.05, 4.69) is 33.5 Å². The predicted molar refractivity (Wildman–Crippen MR) is 162 cm³/mol. The van der Waals surface area contributed by atoms with Gasteiger partial charge in [-0.3, -0.25) is 9.59 Å². The lowest BCUT2D eigenvalue weighted by Crippen LogP contribution is -2.43. The van der Waals surface area contributed by atoms with Gasteiger partial charge in [-0.2, -0.15) is 0 Å². The van der Waals surface area contributed by atoms with Crippen molar-refractivity contribution in [3.05, 3.63) is 47.5 Å². The summed E-state index contributed by atoms with van der Waals surface area (Å²) in [7, 11) is 2.08. The Hall–Kier alpha value is -3.30. The van der Waals surface area contributed by atoms with Gasteiger partial charge in [0, 0.05) is 45.0 Å². The molecule has 6 rings (SSSR count). The number of para-hydroxylation sites is 2. The second-order valence-electron chi connectivity index (χ2n) is 12.3. The van der Waals surface area contributed by atoms with Crippen molar-refractivity contribution in [3.63, 3.8) is 0 Å². The van der Waals surface area contributed by atoms with Gasteiger partial charge >= 0.3 is 0 Å². The third kappa shape index (κ3) is 6.08. The van der Waals surface area contributed by atoms with Crippen LogP contribution in [0.2, 0.25) is 0 Å². The lowest BCUT2D eigenvalue weighted by atomic mass is 9.83. The van der Waals surface area contributed by atoms with Crippen molar-refractivity contribution in [2.24, 2.45) is 5.92 Å². The van der Waals surface area contributed by atoms with Gasteiger partial charge in [0.25, 0.3) is 5.79 Å². The normalized spacial score (nSPS) is 23.3. The van der Waals surface area contributed by atoms with E-state index < -0.39 is 5.79 Å². The van der Waals surface area contributed by atoms with Gasteiger partial charge in [0.1, 0.15) is 6.10 Å². The molecule has 1 saturated carbocycles. The maximum Gasteiger partial charge on any atom is 0.251 e. The van der Waals surface area contributed by atoms with Crippen LogP contribution in [0.4, 0.5) is 11.4 Å². The van der Waals surface area contributed by atoms with Gasteiger partial charge in [0.15, 0.2) is 11.5 Å².